The molecule has 2 aromatic rings. The quantitative estimate of drug-likeness (QED) is 0.441. The van der Waals surface area contributed by atoms with Crippen molar-refractivity contribution >= 4 is 17.5 Å². The van der Waals surface area contributed by atoms with E-state index in [4.69, 9.17) is 0 Å². The largest absolute Gasteiger partial charge is 0.373 e. The number of unbranched alkanes of at least 4 members (excludes halogenated alkanes) is 1. The molecule has 2 rings (SSSR count). The van der Waals surface area contributed by atoms with Gasteiger partial charge in [-0.1, -0.05) is 43.7 Å². The van der Waals surface area contributed by atoms with Gasteiger partial charge in [0.05, 0.1) is 0 Å². The zero-order chi connectivity index (χ0) is 19.6. The Balaban J connectivity index is 1.94. The van der Waals surface area contributed by atoms with E-state index in [1.165, 1.54) is 18.4 Å². The molecule has 27 heavy (non-hydrogen) atoms. The lowest BCUT2D eigenvalue weighted by Gasteiger charge is -2.21. The topological polar surface area (TPSA) is 23.6 Å². The Kier molecular flexibility index (Phi) is 8.28. The highest BCUT2D eigenvalue weighted by Crippen LogP contribution is 2.15. The fraction of sp³-hybridized carbons (Fsp3) is 0.375. The van der Waals surface area contributed by atoms with Crippen molar-refractivity contribution in [2.45, 2.75) is 26.2 Å². The molecule has 0 bridgehead atoms. The van der Waals surface area contributed by atoms with Gasteiger partial charge in [0.15, 0.2) is 5.78 Å². The van der Waals surface area contributed by atoms with Crippen LogP contribution in [0.1, 0.15) is 41.3 Å². The van der Waals surface area contributed by atoms with Gasteiger partial charge in [-0.15, -0.1) is 0 Å². The first-order valence-electron chi connectivity index (χ1n) is 9.77. The molecule has 0 N–H and O–H groups in total. The van der Waals surface area contributed by atoms with Gasteiger partial charge in [0.2, 0.25) is 0 Å². The molecule has 0 aliphatic heterocycles. The summed E-state index contributed by atoms with van der Waals surface area (Å²) in [4.78, 5) is 16.8. The lowest BCUT2D eigenvalue weighted by atomic mass is 10.0. The summed E-state index contributed by atoms with van der Waals surface area (Å²) in [7, 11) is 6.21. The fourth-order valence-corrected chi connectivity index (χ4v) is 2.80. The average Bonchev–Trinajstić information content (AvgIpc) is 2.69. The number of benzene rings is 2. The van der Waals surface area contributed by atoms with E-state index >= 15 is 0 Å². The minimum absolute atomic E-state index is 0.0348. The summed E-state index contributed by atoms with van der Waals surface area (Å²) in [5.74, 6) is 0.0348. The number of carbonyl (C=O) groups is 1. The molecule has 0 atom stereocenters. The molecule has 0 aliphatic rings. The fourth-order valence-electron chi connectivity index (χ4n) is 2.80. The van der Waals surface area contributed by atoms with E-state index in [1.807, 2.05) is 30.3 Å². The number of carbonyl (C=O) groups excluding carboxylic acids is 1. The minimum atomic E-state index is 0.0348. The van der Waals surface area contributed by atoms with E-state index in [1.54, 1.807) is 6.08 Å². The van der Waals surface area contributed by atoms with Gasteiger partial charge in [0.1, 0.15) is 0 Å². The molecule has 0 unspecified atom stereocenters. The maximum Gasteiger partial charge on any atom is 0.185 e. The monoisotopic (exact) mass is 364 g/mol. The van der Waals surface area contributed by atoms with E-state index in [0.717, 1.165) is 36.3 Å². The SMILES string of the molecule is CCCCc1ccc(C=CC(=O)c2ccc(N(C)CCN(C)C)cc2)cc1. The van der Waals surface area contributed by atoms with Gasteiger partial charge < -0.3 is 9.80 Å². The highest BCUT2D eigenvalue weighted by molar-refractivity contribution is 6.06. The van der Waals surface area contributed by atoms with Crippen molar-refractivity contribution in [3.63, 3.8) is 0 Å². The normalized spacial score (nSPS) is 11.3. The summed E-state index contributed by atoms with van der Waals surface area (Å²) < 4.78 is 0. The maximum atomic E-state index is 12.4. The van der Waals surface area contributed by atoms with Crippen LogP contribution < -0.4 is 4.90 Å². The number of likely N-dealkylation sites (N-methyl/N-ethyl adjacent to an activating group) is 2. The number of hydrogen-bond acceptors (Lipinski definition) is 3. The van der Waals surface area contributed by atoms with Gasteiger partial charge in [0, 0.05) is 31.4 Å². The summed E-state index contributed by atoms with van der Waals surface area (Å²) in [6, 6.07) is 16.3. The molecule has 0 spiro atoms. The summed E-state index contributed by atoms with van der Waals surface area (Å²) in [6.45, 7) is 4.16. The second kappa shape index (κ2) is 10.7. The van der Waals surface area contributed by atoms with Crippen LogP contribution in [0, 0.1) is 0 Å². The van der Waals surface area contributed by atoms with Crippen molar-refractivity contribution in [2.75, 3.05) is 39.1 Å². The second-order valence-corrected chi connectivity index (χ2v) is 7.31. The number of allylic oxidation sites excluding steroid dienone is 1. The number of anilines is 1. The second-order valence-electron chi connectivity index (χ2n) is 7.31. The molecule has 0 amide bonds. The third-order valence-corrected chi connectivity index (χ3v) is 4.70. The summed E-state index contributed by atoms with van der Waals surface area (Å²) in [5.41, 5.74) is 4.26. The van der Waals surface area contributed by atoms with Crippen LogP contribution in [0.4, 0.5) is 5.69 Å². The Morgan fingerprint density at radius 1 is 0.926 bits per heavy atom. The van der Waals surface area contributed by atoms with Crippen molar-refractivity contribution in [3.8, 4) is 0 Å². The van der Waals surface area contributed by atoms with E-state index in [-0.39, 0.29) is 5.78 Å². The highest BCUT2D eigenvalue weighted by atomic mass is 16.1. The summed E-state index contributed by atoms with van der Waals surface area (Å²) >= 11 is 0. The van der Waals surface area contributed by atoms with E-state index in [0.29, 0.717) is 0 Å². The van der Waals surface area contributed by atoms with Crippen LogP contribution in [-0.4, -0.2) is 44.9 Å². The molecule has 2 aromatic carbocycles. The highest BCUT2D eigenvalue weighted by Gasteiger charge is 2.05. The predicted octanol–water partition coefficient (Wildman–Crippen LogP) is 4.92. The third-order valence-electron chi connectivity index (χ3n) is 4.70. The number of ketones is 1. The Hall–Kier alpha value is -2.39. The van der Waals surface area contributed by atoms with Crippen LogP contribution in [-0.2, 0) is 6.42 Å². The van der Waals surface area contributed by atoms with Crippen molar-refractivity contribution in [1.29, 1.82) is 0 Å². The molecular weight excluding hydrogens is 332 g/mol. The van der Waals surface area contributed by atoms with Crippen LogP contribution in [0.15, 0.2) is 54.6 Å². The standard InChI is InChI=1S/C24H32N2O/c1-5-6-7-20-8-10-21(11-9-20)12-17-24(27)22-13-15-23(16-14-22)26(4)19-18-25(2)3/h8-17H,5-7,18-19H2,1-4H3. The molecule has 0 fully saturated rings. The Bertz CT molecular complexity index is 730. The van der Waals surface area contributed by atoms with E-state index in [2.05, 4.69) is 62.1 Å². The number of nitrogens with zero attached hydrogens (tertiary/aromatic N) is 2. The van der Waals surface area contributed by atoms with Gasteiger partial charge in [0.25, 0.3) is 0 Å². The Morgan fingerprint density at radius 2 is 1.59 bits per heavy atom. The molecule has 3 nitrogen and oxygen atoms in total. The summed E-state index contributed by atoms with van der Waals surface area (Å²) in [5, 5.41) is 0. The molecule has 0 saturated heterocycles. The van der Waals surface area contributed by atoms with E-state index in [9.17, 15) is 4.79 Å². The van der Waals surface area contributed by atoms with Crippen LogP contribution in [0.3, 0.4) is 0 Å². The van der Waals surface area contributed by atoms with Crippen LogP contribution in [0.25, 0.3) is 6.08 Å². The molecule has 144 valence electrons. The van der Waals surface area contributed by atoms with Crippen LogP contribution in [0.5, 0.6) is 0 Å². The van der Waals surface area contributed by atoms with Gasteiger partial charge in [-0.25, -0.2) is 0 Å². The van der Waals surface area contributed by atoms with Gasteiger partial charge in [-0.2, -0.15) is 0 Å². The zero-order valence-electron chi connectivity index (χ0n) is 17.1. The van der Waals surface area contributed by atoms with Gasteiger partial charge in [-0.3, -0.25) is 4.79 Å². The number of rotatable bonds is 10. The van der Waals surface area contributed by atoms with Crippen molar-refractivity contribution in [2.24, 2.45) is 0 Å². The van der Waals surface area contributed by atoms with Gasteiger partial charge in [-0.05, 0) is 68.4 Å². The van der Waals surface area contributed by atoms with Crippen molar-refractivity contribution < 1.29 is 4.79 Å². The van der Waals surface area contributed by atoms with Crippen molar-refractivity contribution in [3.05, 3.63) is 71.3 Å². The van der Waals surface area contributed by atoms with Crippen molar-refractivity contribution in [1.82, 2.24) is 4.90 Å². The first-order valence-corrected chi connectivity index (χ1v) is 9.77. The number of hydrogen-bond donors (Lipinski definition) is 0. The lowest BCUT2D eigenvalue weighted by molar-refractivity contribution is 0.104. The van der Waals surface area contributed by atoms with Gasteiger partial charge >= 0.3 is 0 Å². The molecule has 0 aromatic heterocycles. The number of aryl methyl sites for hydroxylation is 1. The molecule has 0 radical (unpaired) electrons. The minimum Gasteiger partial charge on any atom is -0.373 e. The van der Waals surface area contributed by atoms with E-state index < -0.39 is 0 Å². The summed E-state index contributed by atoms with van der Waals surface area (Å²) in [6.07, 6.45) is 7.10. The first kappa shape index (κ1) is 20.9. The van der Waals surface area contributed by atoms with Crippen LogP contribution in [0.2, 0.25) is 0 Å². The average molecular weight is 365 g/mol. The smallest absolute Gasteiger partial charge is 0.185 e. The molecular formula is C24H32N2O. The van der Waals surface area contributed by atoms with Crippen LogP contribution >= 0.6 is 0 Å². The predicted molar refractivity (Wildman–Crippen MR) is 117 cm³/mol. The molecule has 0 aliphatic carbocycles. The third kappa shape index (κ3) is 7.03. The first-order chi connectivity index (χ1) is 13.0. The zero-order valence-corrected chi connectivity index (χ0v) is 17.1. The molecule has 0 saturated carbocycles. The molecule has 3 heteroatoms. The molecule has 0 heterocycles. The lowest BCUT2D eigenvalue weighted by Crippen LogP contribution is -2.28. The Labute approximate surface area is 164 Å². The maximum absolute atomic E-state index is 12.4. The Morgan fingerprint density at radius 3 is 2.19 bits per heavy atom.